The average Bonchev–Trinajstić information content (AvgIpc) is 3.65. The van der Waals surface area contributed by atoms with Gasteiger partial charge in [0, 0.05) is 36.9 Å². The molecule has 10 aromatic carbocycles. The van der Waals surface area contributed by atoms with Crippen molar-refractivity contribution in [3.05, 3.63) is 212 Å². The van der Waals surface area contributed by atoms with Crippen LogP contribution in [0.1, 0.15) is 0 Å². The van der Waals surface area contributed by atoms with Gasteiger partial charge in [0.25, 0.3) is 0 Å². The maximum atomic E-state index is 2.44. The summed E-state index contributed by atoms with van der Waals surface area (Å²) in [4.78, 5) is 2.44. The lowest BCUT2D eigenvalue weighted by molar-refractivity contribution is 1.30. The van der Waals surface area contributed by atoms with Gasteiger partial charge in [0.05, 0.1) is 5.69 Å². The topological polar surface area (TPSA) is 3.24 Å². The second-order valence-corrected chi connectivity index (χ2v) is 15.6. The summed E-state index contributed by atoms with van der Waals surface area (Å²) in [7, 11) is 0. The lowest BCUT2D eigenvalue weighted by Crippen LogP contribution is -2.10. The van der Waals surface area contributed by atoms with Crippen molar-refractivity contribution in [2.24, 2.45) is 0 Å². The van der Waals surface area contributed by atoms with Crippen LogP contribution in [0.25, 0.3) is 85.9 Å². The fraction of sp³-hybridized carbons (Fsp3) is 0. The quantitative estimate of drug-likeness (QED) is 0.154. The molecule has 0 fully saturated rings. The third-order valence-corrected chi connectivity index (χ3v) is 12.4. The van der Waals surface area contributed by atoms with E-state index in [0.29, 0.717) is 0 Å². The van der Waals surface area contributed by atoms with E-state index in [1.54, 1.807) is 0 Å². The van der Waals surface area contributed by atoms with E-state index in [0.717, 1.165) is 17.1 Å². The molecule has 0 saturated carbocycles. The fourth-order valence-corrected chi connectivity index (χ4v) is 9.61. The van der Waals surface area contributed by atoms with Crippen molar-refractivity contribution in [1.82, 2.24) is 0 Å². The zero-order valence-electron chi connectivity index (χ0n) is 30.6. The molecular weight excluding hydrogens is 695 g/mol. The first-order valence-electron chi connectivity index (χ1n) is 19.2. The summed E-state index contributed by atoms with van der Waals surface area (Å²) in [5.41, 5.74) is 10.6. The maximum Gasteiger partial charge on any atom is 0.0546 e. The minimum Gasteiger partial charge on any atom is -0.310 e. The maximum absolute atomic E-state index is 2.44. The van der Waals surface area contributed by atoms with Crippen molar-refractivity contribution >= 4 is 80.9 Å². The summed E-state index contributed by atoms with van der Waals surface area (Å²) in [5, 5.41) is 10.1. The standard InChI is InChI=1S/C54H35NS/c1-3-19-45-37(12-1)14-11-24-46(45)41-17-9-15-38(32-41)39-16-10-18-44(33-39)55(52-35-42-13-2-4-20-47(42)48-21-5-6-22-49(48)52)43-29-26-36(27-30-43)40-28-31-54-51(34-40)50-23-7-8-25-53(50)56-54/h1-35H. The molecule has 0 unspecified atom stereocenters. The molecule has 262 valence electrons. The highest BCUT2D eigenvalue weighted by Crippen LogP contribution is 2.44. The highest BCUT2D eigenvalue weighted by Gasteiger charge is 2.19. The van der Waals surface area contributed by atoms with Crippen LogP contribution < -0.4 is 4.90 Å². The van der Waals surface area contributed by atoms with Gasteiger partial charge in [-0.05, 0) is 115 Å². The normalized spacial score (nSPS) is 11.6. The van der Waals surface area contributed by atoms with Gasteiger partial charge in [-0.2, -0.15) is 0 Å². The van der Waals surface area contributed by atoms with E-state index in [1.807, 2.05) is 11.3 Å². The average molecular weight is 730 g/mol. The van der Waals surface area contributed by atoms with Crippen LogP contribution in [0.15, 0.2) is 212 Å². The Kier molecular flexibility index (Phi) is 7.75. The van der Waals surface area contributed by atoms with Crippen molar-refractivity contribution in [3.63, 3.8) is 0 Å². The van der Waals surface area contributed by atoms with Crippen LogP contribution >= 0.6 is 11.3 Å². The van der Waals surface area contributed by atoms with Gasteiger partial charge in [-0.25, -0.2) is 0 Å². The number of benzene rings is 10. The summed E-state index contributed by atoms with van der Waals surface area (Å²) >= 11 is 1.86. The lowest BCUT2D eigenvalue weighted by atomic mass is 9.95. The highest BCUT2D eigenvalue weighted by atomic mass is 32.1. The molecule has 2 heteroatoms. The Labute approximate surface area is 330 Å². The molecule has 1 heterocycles. The molecule has 1 aromatic heterocycles. The molecule has 11 aromatic rings. The Bertz CT molecular complexity index is 3260. The van der Waals surface area contributed by atoms with Crippen LogP contribution in [0, 0.1) is 0 Å². The van der Waals surface area contributed by atoms with Gasteiger partial charge in [-0.15, -0.1) is 11.3 Å². The third-order valence-electron chi connectivity index (χ3n) is 11.2. The van der Waals surface area contributed by atoms with Gasteiger partial charge in [0.2, 0.25) is 0 Å². The third kappa shape index (κ3) is 5.54. The molecule has 0 aliphatic rings. The molecule has 0 aliphatic carbocycles. The summed E-state index contributed by atoms with van der Waals surface area (Å²) in [6, 6.07) is 77.8. The first-order valence-corrected chi connectivity index (χ1v) is 20.0. The number of anilines is 3. The van der Waals surface area contributed by atoms with E-state index in [9.17, 15) is 0 Å². The zero-order valence-corrected chi connectivity index (χ0v) is 31.4. The van der Waals surface area contributed by atoms with Gasteiger partial charge >= 0.3 is 0 Å². The van der Waals surface area contributed by atoms with Crippen molar-refractivity contribution in [1.29, 1.82) is 0 Å². The van der Waals surface area contributed by atoms with E-state index >= 15 is 0 Å². The van der Waals surface area contributed by atoms with E-state index in [-0.39, 0.29) is 0 Å². The number of nitrogens with zero attached hydrogens (tertiary/aromatic N) is 1. The lowest BCUT2D eigenvalue weighted by Gasteiger charge is -2.28. The molecule has 56 heavy (non-hydrogen) atoms. The van der Waals surface area contributed by atoms with Crippen molar-refractivity contribution < 1.29 is 0 Å². The Morgan fingerprint density at radius 1 is 0.286 bits per heavy atom. The Hall–Kier alpha value is -7.00. The van der Waals surface area contributed by atoms with E-state index in [1.165, 1.54) is 85.9 Å². The molecule has 11 rings (SSSR count). The van der Waals surface area contributed by atoms with Crippen molar-refractivity contribution in [2.45, 2.75) is 0 Å². The number of rotatable bonds is 6. The molecule has 0 spiro atoms. The predicted molar refractivity (Wildman–Crippen MR) is 243 cm³/mol. The SMILES string of the molecule is c1cc(-c2cccc(N(c3ccc(-c4ccc5sc6ccccc6c5c4)cc3)c3cc4ccccc4c4ccccc34)c2)cc(-c2cccc3ccccc23)c1. The predicted octanol–water partition coefficient (Wildman–Crippen LogP) is 16.0. The van der Waals surface area contributed by atoms with Gasteiger partial charge in [-0.1, -0.05) is 158 Å². The van der Waals surface area contributed by atoms with Crippen molar-refractivity contribution in [3.8, 4) is 33.4 Å². The Morgan fingerprint density at radius 2 is 0.875 bits per heavy atom. The molecule has 1 nitrogen and oxygen atoms in total. The van der Waals surface area contributed by atoms with E-state index in [2.05, 4.69) is 217 Å². The van der Waals surface area contributed by atoms with Crippen molar-refractivity contribution in [2.75, 3.05) is 4.90 Å². The second-order valence-electron chi connectivity index (χ2n) is 14.5. The highest BCUT2D eigenvalue weighted by molar-refractivity contribution is 7.25. The van der Waals surface area contributed by atoms with Crippen LogP contribution in [-0.2, 0) is 0 Å². The van der Waals surface area contributed by atoms with Gasteiger partial charge in [-0.3, -0.25) is 0 Å². The largest absolute Gasteiger partial charge is 0.310 e. The molecule has 0 amide bonds. The second kappa shape index (κ2) is 13.4. The monoisotopic (exact) mass is 729 g/mol. The minimum atomic E-state index is 1.11. The number of thiophene rings is 1. The van der Waals surface area contributed by atoms with Gasteiger partial charge in [0.1, 0.15) is 0 Å². The number of hydrogen-bond acceptors (Lipinski definition) is 2. The van der Waals surface area contributed by atoms with E-state index < -0.39 is 0 Å². The zero-order chi connectivity index (χ0) is 37.0. The van der Waals surface area contributed by atoms with Crippen LogP contribution in [0.5, 0.6) is 0 Å². The molecule has 0 aliphatic heterocycles. The molecule has 0 radical (unpaired) electrons. The summed E-state index contributed by atoms with van der Waals surface area (Å²) in [5.74, 6) is 0. The summed E-state index contributed by atoms with van der Waals surface area (Å²) in [6.07, 6.45) is 0. The Balaban J connectivity index is 1.06. The van der Waals surface area contributed by atoms with Crippen LogP contribution in [-0.4, -0.2) is 0 Å². The van der Waals surface area contributed by atoms with Gasteiger partial charge < -0.3 is 4.90 Å². The number of fused-ring (bicyclic) bond motifs is 7. The van der Waals surface area contributed by atoms with E-state index in [4.69, 9.17) is 0 Å². The fourth-order valence-electron chi connectivity index (χ4n) is 8.52. The molecule has 0 bridgehead atoms. The first kappa shape index (κ1) is 32.4. The molecular formula is C54H35NS. The molecule has 0 atom stereocenters. The minimum absolute atomic E-state index is 1.11. The summed E-state index contributed by atoms with van der Waals surface area (Å²) in [6.45, 7) is 0. The number of hydrogen-bond donors (Lipinski definition) is 0. The molecule has 0 N–H and O–H groups in total. The smallest absolute Gasteiger partial charge is 0.0546 e. The van der Waals surface area contributed by atoms with Crippen LogP contribution in [0.3, 0.4) is 0 Å². The Morgan fingerprint density at radius 3 is 1.73 bits per heavy atom. The summed E-state index contributed by atoms with van der Waals surface area (Å²) < 4.78 is 2.65. The van der Waals surface area contributed by atoms with Crippen LogP contribution in [0.2, 0.25) is 0 Å². The first-order chi connectivity index (χ1) is 27.7. The van der Waals surface area contributed by atoms with Gasteiger partial charge in [0.15, 0.2) is 0 Å². The van der Waals surface area contributed by atoms with Crippen LogP contribution in [0.4, 0.5) is 17.1 Å². The molecule has 0 saturated heterocycles.